The van der Waals surface area contributed by atoms with Gasteiger partial charge in [0.25, 0.3) is 0 Å². The van der Waals surface area contributed by atoms with E-state index in [0.29, 0.717) is 6.42 Å². The van der Waals surface area contributed by atoms with E-state index in [2.05, 4.69) is 37.7 Å². The minimum Gasteiger partial charge on any atom is -0.435 e. The molecular formula is C17H28O3. The van der Waals surface area contributed by atoms with E-state index in [1.165, 1.54) is 30.4 Å². The standard InChI is InChI=1S/C17H28O3/c1-14(2)8-6-9-15(3)10-7-11-17(5,19)12-13-20-16(4)18/h8,10,12-13,19H,6-7,9,11H2,1-5H3/b13-12+,15-10+. The Labute approximate surface area is 123 Å². The summed E-state index contributed by atoms with van der Waals surface area (Å²) in [5.41, 5.74) is 1.73. The van der Waals surface area contributed by atoms with Crippen molar-refractivity contribution in [2.24, 2.45) is 0 Å². The highest BCUT2D eigenvalue weighted by Crippen LogP contribution is 2.16. The Kier molecular flexibility index (Phi) is 8.89. The highest BCUT2D eigenvalue weighted by molar-refractivity contribution is 5.66. The molecule has 0 aliphatic heterocycles. The maximum absolute atomic E-state index is 10.6. The summed E-state index contributed by atoms with van der Waals surface area (Å²) in [6.45, 7) is 9.36. The summed E-state index contributed by atoms with van der Waals surface area (Å²) in [6, 6.07) is 0. The third kappa shape index (κ3) is 11.7. The topological polar surface area (TPSA) is 46.5 Å². The Bertz CT molecular complexity index is 383. The molecule has 0 radical (unpaired) electrons. The molecule has 0 aliphatic carbocycles. The van der Waals surface area contributed by atoms with Crippen LogP contribution in [-0.2, 0) is 9.53 Å². The third-order valence-electron chi connectivity index (χ3n) is 2.90. The number of hydrogen-bond donors (Lipinski definition) is 1. The minimum absolute atomic E-state index is 0.382. The molecule has 20 heavy (non-hydrogen) atoms. The van der Waals surface area contributed by atoms with Crippen LogP contribution >= 0.6 is 0 Å². The minimum atomic E-state index is -0.952. The molecule has 3 heteroatoms. The van der Waals surface area contributed by atoms with Crippen LogP contribution in [0.1, 0.15) is 60.3 Å². The predicted molar refractivity (Wildman–Crippen MR) is 83.2 cm³/mol. The molecular weight excluding hydrogens is 252 g/mol. The van der Waals surface area contributed by atoms with Crippen LogP contribution < -0.4 is 0 Å². The van der Waals surface area contributed by atoms with E-state index in [9.17, 15) is 9.90 Å². The molecule has 1 unspecified atom stereocenters. The number of hydrogen-bond acceptors (Lipinski definition) is 3. The van der Waals surface area contributed by atoms with E-state index >= 15 is 0 Å². The Morgan fingerprint density at radius 2 is 1.80 bits per heavy atom. The van der Waals surface area contributed by atoms with Crippen molar-refractivity contribution in [3.63, 3.8) is 0 Å². The van der Waals surface area contributed by atoms with Crippen molar-refractivity contribution in [3.05, 3.63) is 35.6 Å². The van der Waals surface area contributed by atoms with E-state index in [1.807, 2.05) is 0 Å². The van der Waals surface area contributed by atoms with Crippen molar-refractivity contribution in [2.75, 3.05) is 0 Å². The molecule has 0 heterocycles. The van der Waals surface area contributed by atoms with Crippen molar-refractivity contribution in [2.45, 2.75) is 65.9 Å². The molecule has 114 valence electrons. The van der Waals surface area contributed by atoms with Gasteiger partial charge in [-0.3, -0.25) is 4.79 Å². The molecule has 0 spiro atoms. The van der Waals surface area contributed by atoms with Crippen molar-refractivity contribution >= 4 is 5.97 Å². The highest BCUT2D eigenvalue weighted by Gasteiger charge is 2.15. The van der Waals surface area contributed by atoms with Gasteiger partial charge in [-0.05, 0) is 59.5 Å². The SMILES string of the molecule is CC(=O)O/C=C/C(C)(O)CC/C=C(\C)CCC=C(C)C. The van der Waals surface area contributed by atoms with Crippen molar-refractivity contribution in [3.8, 4) is 0 Å². The largest absolute Gasteiger partial charge is 0.435 e. The first-order chi connectivity index (χ1) is 9.23. The van der Waals surface area contributed by atoms with Crippen molar-refractivity contribution in [1.82, 2.24) is 0 Å². The summed E-state index contributed by atoms with van der Waals surface area (Å²) in [4.78, 5) is 10.6. The normalized spacial score (nSPS) is 15.0. The summed E-state index contributed by atoms with van der Waals surface area (Å²) in [5, 5.41) is 10.1. The van der Waals surface area contributed by atoms with Gasteiger partial charge < -0.3 is 9.84 Å². The number of rotatable bonds is 8. The molecule has 0 fully saturated rings. The molecule has 0 aromatic carbocycles. The lowest BCUT2D eigenvalue weighted by molar-refractivity contribution is -0.135. The first-order valence-corrected chi connectivity index (χ1v) is 7.09. The Morgan fingerprint density at radius 1 is 1.15 bits per heavy atom. The van der Waals surface area contributed by atoms with Crippen LogP contribution in [0.3, 0.4) is 0 Å². The van der Waals surface area contributed by atoms with Crippen molar-refractivity contribution in [1.29, 1.82) is 0 Å². The van der Waals surface area contributed by atoms with Gasteiger partial charge in [0.05, 0.1) is 11.9 Å². The number of carbonyl (C=O) groups is 1. The third-order valence-corrected chi connectivity index (χ3v) is 2.90. The van der Waals surface area contributed by atoms with Gasteiger partial charge in [-0.2, -0.15) is 0 Å². The molecule has 0 aromatic heterocycles. The summed E-state index contributed by atoms with van der Waals surface area (Å²) in [6.07, 6.45) is 10.7. The van der Waals surface area contributed by atoms with E-state index in [1.54, 1.807) is 6.92 Å². The zero-order valence-electron chi connectivity index (χ0n) is 13.4. The van der Waals surface area contributed by atoms with Gasteiger partial charge in [-0.15, -0.1) is 0 Å². The molecule has 0 bridgehead atoms. The summed E-state index contributed by atoms with van der Waals surface area (Å²) in [5.74, 6) is -0.382. The second kappa shape index (κ2) is 9.54. The summed E-state index contributed by atoms with van der Waals surface area (Å²) >= 11 is 0. The van der Waals surface area contributed by atoms with Gasteiger partial charge >= 0.3 is 5.97 Å². The van der Waals surface area contributed by atoms with E-state index < -0.39 is 5.60 Å². The monoisotopic (exact) mass is 280 g/mol. The molecule has 0 saturated heterocycles. The fraction of sp³-hybridized carbons (Fsp3) is 0.588. The lowest BCUT2D eigenvalue weighted by Gasteiger charge is -2.17. The van der Waals surface area contributed by atoms with E-state index in [4.69, 9.17) is 0 Å². The smallest absolute Gasteiger partial charge is 0.307 e. The van der Waals surface area contributed by atoms with Gasteiger partial charge in [-0.1, -0.05) is 23.3 Å². The maximum Gasteiger partial charge on any atom is 0.307 e. The summed E-state index contributed by atoms with van der Waals surface area (Å²) < 4.78 is 4.68. The van der Waals surface area contributed by atoms with Gasteiger partial charge in [0.15, 0.2) is 0 Å². The van der Waals surface area contributed by atoms with Crippen LogP contribution in [0.2, 0.25) is 0 Å². The lowest BCUT2D eigenvalue weighted by Crippen LogP contribution is -2.20. The number of esters is 1. The second-order valence-electron chi connectivity index (χ2n) is 5.68. The van der Waals surface area contributed by atoms with Gasteiger partial charge in [0.2, 0.25) is 0 Å². The first-order valence-electron chi connectivity index (χ1n) is 7.09. The van der Waals surface area contributed by atoms with Gasteiger partial charge in [0, 0.05) is 6.92 Å². The van der Waals surface area contributed by atoms with Crippen molar-refractivity contribution < 1.29 is 14.6 Å². The van der Waals surface area contributed by atoms with Crippen LogP contribution in [0.25, 0.3) is 0 Å². The Balaban J connectivity index is 4.09. The van der Waals surface area contributed by atoms with Crippen LogP contribution in [0.15, 0.2) is 35.6 Å². The first kappa shape index (κ1) is 18.7. The average Bonchev–Trinajstić information content (AvgIpc) is 2.27. The van der Waals surface area contributed by atoms with Crippen LogP contribution in [0.4, 0.5) is 0 Å². The number of ether oxygens (including phenoxy) is 1. The molecule has 1 N–H and O–H groups in total. The zero-order valence-corrected chi connectivity index (χ0v) is 13.4. The predicted octanol–water partition coefficient (Wildman–Crippen LogP) is 4.29. The highest BCUT2D eigenvalue weighted by atomic mass is 16.5. The molecule has 1 atom stereocenters. The van der Waals surface area contributed by atoms with E-state index in [-0.39, 0.29) is 5.97 Å². The number of allylic oxidation sites excluding steroid dienone is 4. The fourth-order valence-corrected chi connectivity index (χ4v) is 1.66. The molecule has 0 aliphatic rings. The molecule has 0 aromatic rings. The fourth-order valence-electron chi connectivity index (χ4n) is 1.66. The molecule has 0 saturated carbocycles. The van der Waals surface area contributed by atoms with Gasteiger partial charge in [0.1, 0.15) is 0 Å². The van der Waals surface area contributed by atoms with Gasteiger partial charge in [-0.25, -0.2) is 0 Å². The zero-order chi connectivity index (χ0) is 15.6. The van der Waals surface area contributed by atoms with E-state index in [0.717, 1.165) is 19.3 Å². The number of carbonyl (C=O) groups excluding carboxylic acids is 1. The maximum atomic E-state index is 10.6. The quantitative estimate of drug-likeness (QED) is 0.410. The lowest BCUT2D eigenvalue weighted by atomic mass is 9.99. The van der Waals surface area contributed by atoms with Crippen LogP contribution in [-0.4, -0.2) is 16.7 Å². The number of aliphatic hydroxyl groups is 1. The van der Waals surface area contributed by atoms with Crippen LogP contribution in [0.5, 0.6) is 0 Å². The second-order valence-corrected chi connectivity index (χ2v) is 5.68. The Morgan fingerprint density at radius 3 is 2.35 bits per heavy atom. The Hall–Kier alpha value is -1.35. The summed E-state index contributed by atoms with van der Waals surface area (Å²) in [7, 11) is 0. The van der Waals surface area contributed by atoms with Crippen LogP contribution in [0, 0.1) is 0 Å². The molecule has 0 rings (SSSR count). The molecule has 3 nitrogen and oxygen atoms in total. The average molecular weight is 280 g/mol. The molecule has 0 amide bonds.